The van der Waals surface area contributed by atoms with Crippen molar-refractivity contribution in [2.24, 2.45) is 0 Å². The van der Waals surface area contributed by atoms with Crippen LogP contribution >= 0.6 is 0 Å². The predicted octanol–water partition coefficient (Wildman–Crippen LogP) is 4.60. The number of sulfone groups is 1. The van der Waals surface area contributed by atoms with Gasteiger partial charge in [0, 0.05) is 28.4 Å². The third kappa shape index (κ3) is 5.01. The predicted molar refractivity (Wildman–Crippen MR) is 124 cm³/mol. The number of anilines is 1. The number of ketones is 1. The van der Waals surface area contributed by atoms with E-state index < -0.39 is 15.7 Å². The highest BCUT2D eigenvalue weighted by atomic mass is 32.2. The monoisotopic (exact) mass is 464 g/mol. The number of aromatic nitrogens is 1. The number of fused-ring (bicyclic) bond motifs is 1. The van der Waals surface area contributed by atoms with Crippen LogP contribution in [0.4, 0.5) is 10.1 Å². The van der Waals surface area contributed by atoms with E-state index in [-0.39, 0.29) is 28.9 Å². The van der Waals surface area contributed by atoms with Gasteiger partial charge in [-0.05, 0) is 55.0 Å². The molecular formula is C25H21FN2O4S. The summed E-state index contributed by atoms with van der Waals surface area (Å²) >= 11 is 0. The summed E-state index contributed by atoms with van der Waals surface area (Å²) in [6.07, 6.45) is 1.46. The molecule has 0 aliphatic carbocycles. The lowest BCUT2D eigenvalue weighted by atomic mass is 10.1. The molecule has 0 saturated carbocycles. The fourth-order valence-electron chi connectivity index (χ4n) is 3.61. The maximum Gasteiger partial charge on any atom is 0.244 e. The molecule has 33 heavy (non-hydrogen) atoms. The normalized spacial score (nSPS) is 11.5. The summed E-state index contributed by atoms with van der Waals surface area (Å²) in [6, 6.07) is 18.8. The molecule has 0 unspecified atom stereocenters. The third-order valence-corrected chi connectivity index (χ3v) is 6.95. The van der Waals surface area contributed by atoms with Crippen molar-refractivity contribution in [1.29, 1.82) is 0 Å². The molecule has 6 nitrogen and oxygen atoms in total. The van der Waals surface area contributed by atoms with Gasteiger partial charge in [0.1, 0.15) is 12.4 Å². The van der Waals surface area contributed by atoms with E-state index in [4.69, 9.17) is 0 Å². The van der Waals surface area contributed by atoms with Crippen molar-refractivity contribution >= 4 is 38.1 Å². The van der Waals surface area contributed by atoms with Gasteiger partial charge < -0.3 is 9.88 Å². The number of nitrogens with one attached hydrogen (secondary N) is 1. The Hall–Kier alpha value is -3.78. The Morgan fingerprint density at radius 2 is 1.61 bits per heavy atom. The zero-order chi connectivity index (χ0) is 23.6. The van der Waals surface area contributed by atoms with Gasteiger partial charge in [-0.2, -0.15) is 0 Å². The van der Waals surface area contributed by atoms with E-state index in [0.29, 0.717) is 27.7 Å². The largest absolute Gasteiger partial charge is 0.337 e. The lowest BCUT2D eigenvalue weighted by Crippen LogP contribution is -2.18. The van der Waals surface area contributed by atoms with E-state index in [2.05, 4.69) is 5.32 Å². The molecule has 0 saturated heterocycles. The lowest BCUT2D eigenvalue weighted by molar-refractivity contribution is -0.116. The van der Waals surface area contributed by atoms with Crippen LogP contribution in [0.25, 0.3) is 10.9 Å². The van der Waals surface area contributed by atoms with Gasteiger partial charge >= 0.3 is 0 Å². The highest BCUT2D eigenvalue weighted by Gasteiger charge is 2.22. The standard InChI is InChI=1S/C25H21FN2O4S/c1-17(29)19-8-12-21(13-9-19)27-25(30)15-28-14-24(22-4-2-3-5-23(22)28)33(31,32)16-18-6-10-20(26)11-7-18/h2-14H,15-16H2,1H3,(H,27,30). The summed E-state index contributed by atoms with van der Waals surface area (Å²) in [6.45, 7) is 1.37. The first kappa shape index (κ1) is 22.4. The number of benzene rings is 3. The summed E-state index contributed by atoms with van der Waals surface area (Å²) in [5.74, 6) is -1.12. The second-order valence-electron chi connectivity index (χ2n) is 7.71. The zero-order valence-corrected chi connectivity index (χ0v) is 18.6. The number of nitrogens with zero attached hydrogens (tertiary/aromatic N) is 1. The fourth-order valence-corrected chi connectivity index (χ4v) is 5.20. The Bertz CT molecular complexity index is 1440. The van der Waals surface area contributed by atoms with Gasteiger partial charge in [0.2, 0.25) is 5.91 Å². The Morgan fingerprint density at radius 1 is 0.939 bits per heavy atom. The van der Waals surface area contributed by atoms with Gasteiger partial charge in [0.25, 0.3) is 0 Å². The topological polar surface area (TPSA) is 85.2 Å². The molecule has 4 rings (SSSR count). The van der Waals surface area contributed by atoms with Gasteiger partial charge in [-0.1, -0.05) is 30.3 Å². The molecule has 1 heterocycles. The lowest BCUT2D eigenvalue weighted by Gasteiger charge is -2.08. The highest BCUT2D eigenvalue weighted by molar-refractivity contribution is 7.90. The highest BCUT2D eigenvalue weighted by Crippen LogP contribution is 2.28. The number of carbonyl (C=O) groups is 2. The van der Waals surface area contributed by atoms with Crippen molar-refractivity contribution in [2.45, 2.75) is 24.1 Å². The Morgan fingerprint density at radius 3 is 2.27 bits per heavy atom. The van der Waals surface area contributed by atoms with Gasteiger partial charge in [-0.3, -0.25) is 9.59 Å². The van der Waals surface area contributed by atoms with Crippen LogP contribution in [0.5, 0.6) is 0 Å². The zero-order valence-electron chi connectivity index (χ0n) is 17.8. The summed E-state index contributed by atoms with van der Waals surface area (Å²) in [5, 5.41) is 3.27. The minimum absolute atomic E-state index is 0.0685. The first-order valence-corrected chi connectivity index (χ1v) is 11.8. The smallest absolute Gasteiger partial charge is 0.244 e. The fraction of sp³-hybridized carbons (Fsp3) is 0.120. The van der Waals surface area contributed by atoms with E-state index in [9.17, 15) is 22.4 Å². The van der Waals surface area contributed by atoms with Crippen LogP contribution in [-0.2, 0) is 26.9 Å². The average Bonchev–Trinajstić information content (AvgIpc) is 3.15. The summed E-state index contributed by atoms with van der Waals surface area (Å²) < 4.78 is 41.1. The van der Waals surface area contributed by atoms with Crippen LogP contribution < -0.4 is 5.32 Å². The van der Waals surface area contributed by atoms with Crippen molar-refractivity contribution < 1.29 is 22.4 Å². The van der Waals surface area contributed by atoms with Crippen LogP contribution in [-0.4, -0.2) is 24.7 Å². The second-order valence-corrected chi connectivity index (χ2v) is 9.66. The second kappa shape index (κ2) is 8.99. The van der Waals surface area contributed by atoms with Crippen LogP contribution in [0.15, 0.2) is 83.9 Å². The molecule has 0 atom stereocenters. The maximum absolute atomic E-state index is 13.2. The number of hydrogen-bond donors (Lipinski definition) is 1. The number of carbonyl (C=O) groups excluding carboxylic acids is 2. The van der Waals surface area contributed by atoms with Crippen molar-refractivity contribution in [1.82, 2.24) is 4.57 Å². The van der Waals surface area contributed by atoms with Gasteiger partial charge in [0.05, 0.1) is 10.6 Å². The van der Waals surface area contributed by atoms with Crippen molar-refractivity contribution in [3.63, 3.8) is 0 Å². The number of halogens is 1. The number of para-hydroxylation sites is 1. The molecule has 4 aromatic rings. The van der Waals surface area contributed by atoms with Crippen molar-refractivity contribution in [2.75, 3.05) is 5.32 Å². The molecule has 0 fully saturated rings. The number of amides is 1. The first-order chi connectivity index (χ1) is 15.7. The number of rotatable bonds is 7. The molecular weight excluding hydrogens is 443 g/mol. The van der Waals surface area contributed by atoms with E-state index >= 15 is 0 Å². The first-order valence-electron chi connectivity index (χ1n) is 10.2. The van der Waals surface area contributed by atoms with E-state index in [0.717, 1.165) is 0 Å². The molecule has 3 aromatic carbocycles. The Labute approximate surface area is 190 Å². The van der Waals surface area contributed by atoms with Crippen LogP contribution in [0.2, 0.25) is 0 Å². The van der Waals surface area contributed by atoms with E-state index in [1.165, 1.54) is 37.4 Å². The van der Waals surface area contributed by atoms with Gasteiger partial charge in [-0.15, -0.1) is 0 Å². The molecule has 1 N–H and O–H groups in total. The molecule has 168 valence electrons. The third-order valence-electron chi connectivity index (χ3n) is 5.25. The Balaban J connectivity index is 1.59. The number of hydrogen-bond acceptors (Lipinski definition) is 4. The molecule has 0 bridgehead atoms. The van der Waals surface area contributed by atoms with Gasteiger partial charge in [0.15, 0.2) is 15.6 Å². The van der Waals surface area contributed by atoms with Crippen LogP contribution in [0.3, 0.4) is 0 Å². The molecule has 0 spiro atoms. The Kier molecular flexibility index (Phi) is 6.11. The molecule has 8 heteroatoms. The maximum atomic E-state index is 13.2. The summed E-state index contributed by atoms with van der Waals surface area (Å²) in [4.78, 5) is 24.2. The minimum atomic E-state index is -3.75. The average molecular weight is 465 g/mol. The molecule has 1 amide bonds. The summed E-state index contributed by atoms with van der Waals surface area (Å²) in [7, 11) is -3.75. The number of Topliss-reactive ketones (excluding diaryl/α,β-unsaturated/α-hetero) is 1. The molecule has 0 aliphatic heterocycles. The molecule has 1 aromatic heterocycles. The molecule has 0 radical (unpaired) electrons. The van der Waals surface area contributed by atoms with Crippen LogP contribution in [0.1, 0.15) is 22.8 Å². The minimum Gasteiger partial charge on any atom is -0.337 e. The van der Waals surface area contributed by atoms with Gasteiger partial charge in [-0.25, -0.2) is 12.8 Å². The SMILES string of the molecule is CC(=O)c1ccc(NC(=O)Cn2cc(S(=O)(=O)Cc3ccc(F)cc3)c3ccccc32)cc1. The van der Waals surface area contributed by atoms with Crippen molar-refractivity contribution in [3.05, 3.63) is 95.9 Å². The van der Waals surface area contributed by atoms with E-state index in [1.807, 2.05) is 0 Å². The van der Waals surface area contributed by atoms with Crippen molar-refractivity contribution in [3.8, 4) is 0 Å². The summed E-state index contributed by atoms with van der Waals surface area (Å²) in [5.41, 5.74) is 2.16. The molecule has 0 aliphatic rings. The van der Waals surface area contributed by atoms with E-state index in [1.54, 1.807) is 53.1 Å². The van der Waals surface area contributed by atoms with Crippen LogP contribution in [0, 0.1) is 5.82 Å². The quantitative estimate of drug-likeness (QED) is 0.405.